The summed E-state index contributed by atoms with van der Waals surface area (Å²) in [6.45, 7) is 12.5. The zero-order valence-corrected chi connectivity index (χ0v) is 15.8. The number of nitrogens with two attached hydrogens (primary N) is 1. The van der Waals surface area contributed by atoms with Gasteiger partial charge in [-0.3, -0.25) is 0 Å². The minimum absolute atomic E-state index is 0.198. The maximum absolute atomic E-state index is 10.8. The highest BCUT2D eigenvalue weighted by Crippen LogP contribution is 2.42. The molecule has 3 N–H and O–H groups in total. The Hall–Kier alpha value is -2.49. The Kier molecular flexibility index (Phi) is 3.82. The summed E-state index contributed by atoms with van der Waals surface area (Å²) in [6.07, 6.45) is 0. The summed E-state index contributed by atoms with van der Waals surface area (Å²) in [5.74, 6) is 0.890. The van der Waals surface area contributed by atoms with Crippen molar-refractivity contribution in [1.82, 2.24) is 4.98 Å². The molecule has 0 atom stereocenters. The van der Waals surface area contributed by atoms with Crippen molar-refractivity contribution in [3.05, 3.63) is 41.5 Å². The summed E-state index contributed by atoms with van der Waals surface area (Å²) in [7, 11) is 0. The average molecular weight is 338 g/mol. The van der Waals surface area contributed by atoms with Crippen molar-refractivity contribution in [2.24, 2.45) is 0 Å². The number of anilines is 1. The van der Waals surface area contributed by atoms with Gasteiger partial charge in [-0.1, -0.05) is 41.5 Å². The molecule has 0 amide bonds. The van der Waals surface area contributed by atoms with E-state index >= 15 is 0 Å². The smallest absolute Gasteiger partial charge is 0.227 e. The zero-order valence-electron chi connectivity index (χ0n) is 15.8. The summed E-state index contributed by atoms with van der Waals surface area (Å²) < 4.78 is 5.94. The van der Waals surface area contributed by atoms with Crippen molar-refractivity contribution in [2.75, 3.05) is 5.73 Å². The van der Waals surface area contributed by atoms with Gasteiger partial charge in [0.2, 0.25) is 5.89 Å². The number of aromatic hydroxyl groups is 1. The van der Waals surface area contributed by atoms with E-state index in [1.54, 1.807) is 12.1 Å². The quantitative estimate of drug-likeness (QED) is 0.584. The van der Waals surface area contributed by atoms with Gasteiger partial charge in [-0.25, -0.2) is 4.98 Å². The molecule has 0 radical (unpaired) electrons. The number of fused-ring (bicyclic) bond motifs is 1. The number of phenols is 1. The van der Waals surface area contributed by atoms with Crippen molar-refractivity contribution in [2.45, 2.75) is 52.4 Å². The summed E-state index contributed by atoms with van der Waals surface area (Å²) in [5.41, 5.74) is 10.2. The van der Waals surface area contributed by atoms with E-state index in [1.165, 1.54) is 0 Å². The Morgan fingerprint density at radius 3 is 2.00 bits per heavy atom. The molecule has 0 aliphatic carbocycles. The number of oxazole rings is 1. The summed E-state index contributed by atoms with van der Waals surface area (Å²) in [5, 5.41) is 10.8. The van der Waals surface area contributed by atoms with E-state index in [9.17, 15) is 5.11 Å². The van der Waals surface area contributed by atoms with Crippen LogP contribution in [0.5, 0.6) is 5.75 Å². The van der Waals surface area contributed by atoms with Gasteiger partial charge in [0, 0.05) is 22.4 Å². The fraction of sp³-hybridized carbons (Fsp3) is 0.381. The lowest BCUT2D eigenvalue weighted by atomic mass is 9.78. The number of phenolic OH excluding ortho intramolecular Hbond substituents is 1. The van der Waals surface area contributed by atoms with E-state index in [-0.39, 0.29) is 10.8 Å². The summed E-state index contributed by atoms with van der Waals surface area (Å²) in [6, 6.07) is 9.38. The number of hydrogen-bond acceptors (Lipinski definition) is 4. The van der Waals surface area contributed by atoms with Gasteiger partial charge in [0.1, 0.15) is 11.3 Å². The van der Waals surface area contributed by atoms with E-state index < -0.39 is 0 Å². The third kappa shape index (κ3) is 3.21. The van der Waals surface area contributed by atoms with Crippen molar-refractivity contribution in [3.8, 4) is 17.2 Å². The van der Waals surface area contributed by atoms with Crippen LogP contribution in [0.4, 0.5) is 5.69 Å². The van der Waals surface area contributed by atoms with Gasteiger partial charge in [-0.05, 0) is 41.2 Å². The number of aromatic nitrogens is 1. The van der Waals surface area contributed by atoms with Crippen LogP contribution in [0, 0.1) is 0 Å². The molecule has 4 heteroatoms. The van der Waals surface area contributed by atoms with Gasteiger partial charge in [-0.2, -0.15) is 0 Å². The number of nitrogen functional groups attached to an aromatic ring is 1. The van der Waals surface area contributed by atoms with E-state index in [1.807, 2.05) is 18.2 Å². The molecule has 1 aromatic heterocycles. The Balaban J connectivity index is 2.27. The second-order valence-electron chi connectivity index (χ2n) is 8.67. The van der Waals surface area contributed by atoms with Crippen molar-refractivity contribution in [1.29, 1.82) is 0 Å². The third-order valence-electron chi connectivity index (χ3n) is 4.38. The van der Waals surface area contributed by atoms with Crippen LogP contribution in [0.1, 0.15) is 52.7 Å². The maximum Gasteiger partial charge on any atom is 0.227 e. The minimum atomic E-state index is -0.198. The number of benzene rings is 2. The lowest BCUT2D eigenvalue weighted by Crippen LogP contribution is -2.17. The topological polar surface area (TPSA) is 72.3 Å². The van der Waals surface area contributed by atoms with Crippen LogP contribution >= 0.6 is 0 Å². The van der Waals surface area contributed by atoms with E-state index in [0.29, 0.717) is 22.9 Å². The first-order valence-corrected chi connectivity index (χ1v) is 8.51. The second kappa shape index (κ2) is 5.51. The normalized spacial score (nSPS) is 12.7. The first-order valence-electron chi connectivity index (χ1n) is 8.51. The lowest BCUT2D eigenvalue weighted by Gasteiger charge is -2.27. The molecule has 0 unspecified atom stereocenters. The van der Waals surface area contributed by atoms with E-state index in [2.05, 4.69) is 46.5 Å². The van der Waals surface area contributed by atoms with Crippen LogP contribution in [0.25, 0.3) is 22.6 Å². The molecular weight excluding hydrogens is 312 g/mol. The van der Waals surface area contributed by atoms with Crippen molar-refractivity contribution >= 4 is 16.8 Å². The molecule has 0 bridgehead atoms. The fourth-order valence-electron chi connectivity index (χ4n) is 2.97. The van der Waals surface area contributed by atoms with Crippen molar-refractivity contribution in [3.63, 3.8) is 0 Å². The number of rotatable bonds is 1. The molecule has 132 valence electrons. The molecule has 25 heavy (non-hydrogen) atoms. The first-order chi connectivity index (χ1) is 11.5. The second-order valence-corrected chi connectivity index (χ2v) is 8.67. The molecule has 0 fully saturated rings. The Labute approximate surface area is 148 Å². The van der Waals surface area contributed by atoms with Crippen LogP contribution in [0.2, 0.25) is 0 Å². The van der Waals surface area contributed by atoms with Crippen LogP contribution in [0.15, 0.2) is 34.7 Å². The fourth-order valence-corrected chi connectivity index (χ4v) is 2.97. The molecule has 0 aliphatic heterocycles. The highest BCUT2D eigenvalue weighted by atomic mass is 16.3. The summed E-state index contributed by atoms with van der Waals surface area (Å²) in [4.78, 5) is 4.59. The van der Waals surface area contributed by atoms with Gasteiger partial charge in [0.15, 0.2) is 5.58 Å². The minimum Gasteiger partial charge on any atom is -0.507 e. The molecule has 0 spiro atoms. The monoisotopic (exact) mass is 338 g/mol. The Bertz CT molecular complexity index is 906. The van der Waals surface area contributed by atoms with Gasteiger partial charge in [0.05, 0.1) is 0 Å². The number of hydrogen-bond donors (Lipinski definition) is 2. The number of nitrogens with zero attached hydrogens (tertiary/aromatic N) is 1. The molecule has 4 nitrogen and oxygen atoms in total. The van der Waals surface area contributed by atoms with E-state index in [0.717, 1.165) is 22.2 Å². The Morgan fingerprint density at radius 1 is 0.920 bits per heavy atom. The average Bonchev–Trinajstić information content (AvgIpc) is 2.87. The predicted octanol–water partition coefficient (Wildman–Crippen LogP) is 5.38. The van der Waals surface area contributed by atoms with Crippen LogP contribution < -0.4 is 5.73 Å². The summed E-state index contributed by atoms with van der Waals surface area (Å²) >= 11 is 0. The largest absolute Gasteiger partial charge is 0.507 e. The molecule has 1 heterocycles. The van der Waals surface area contributed by atoms with Gasteiger partial charge in [-0.15, -0.1) is 0 Å². The predicted molar refractivity (Wildman–Crippen MR) is 103 cm³/mol. The van der Waals surface area contributed by atoms with Crippen LogP contribution in [0.3, 0.4) is 0 Å². The lowest BCUT2D eigenvalue weighted by molar-refractivity contribution is 0.423. The molecule has 0 aliphatic rings. The molecule has 2 aromatic carbocycles. The maximum atomic E-state index is 10.8. The van der Waals surface area contributed by atoms with Crippen LogP contribution in [-0.2, 0) is 10.8 Å². The molecule has 0 saturated heterocycles. The standard InChI is InChI=1S/C21H26N2O2/c1-20(2,3)14-9-12(10-15(18(14)24)21(4,5)6)19-23-16-11-13(22)7-8-17(16)25-19/h7-11,24H,22H2,1-6H3. The first kappa shape index (κ1) is 17.3. The van der Waals surface area contributed by atoms with Gasteiger partial charge >= 0.3 is 0 Å². The van der Waals surface area contributed by atoms with Crippen LogP contribution in [-0.4, -0.2) is 10.1 Å². The third-order valence-corrected chi connectivity index (χ3v) is 4.38. The van der Waals surface area contributed by atoms with E-state index in [4.69, 9.17) is 10.2 Å². The SMILES string of the molecule is CC(C)(C)c1cc(-c2nc3cc(N)ccc3o2)cc(C(C)(C)C)c1O. The highest BCUT2D eigenvalue weighted by molar-refractivity contribution is 5.80. The molecule has 0 saturated carbocycles. The zero-order chi connectivity index (χ0) is 18.6. The molecule has 3 rings (SSSR count). The Morgan fingerprint density at radius 2 is 1.48 bits per heavy atom. The molecular formula is C21H26N2O2. The van der Waals surface area contributed by atoms with Crippen molar-refractivity contribution < 1.29 is 9.52 Å². The highest BCUT2D eigenvalue weighted by Gasteiger charge is 2.27. The molecule has 3 aromatic rings. The van der Waals surface area contributed by atoms with Gasteiger partial charge < -0.3 is 15.3 Å². The van der Waals surface area contributed by atoms with Gasteiger partial charge in [0.25, 0.3) is 0 Å².